The highest BCUT2D eigenvalue weighted by molar-refractivity contribution is 6.42. The fourth-order valence-electron chi connectivity index (χ4n) is 2.19. The van der Waals surface area contributed by atoms with Crippen molar-refractivity contribution >= 4 is 34.8 Å². The van der Waals surface area contributed by atoms with Crippen LogP contribution >= 0.6 is 23.2 Å². The monoisotopic (exact) mass is 327 g/mol. The van der Waals surface area contributed by atoms with Gasteiger partial charge in [-0.05, 0) is 24.6 Å². The minimum absolute atomic E-state index is 0.0575. The Hall–Kier alpha value is -0.980. The first-order valence-corrected chi connectivity index (χ1v) is 6.49. The molecule has 1 aliphatic heterocycles. The summed E-state index contributed by atoms with van der Waals surface area (Å²) in [5.74, 6) is -0.489. The molecule has 1 N–H and O–H groups in total. The van der Waals surface area contributed by atoms with E-state index >= 15 is 0 Å². The number of hydrogen-bond donors (Lipinski definition) is 1. The number of alkyl halides is 3. The summed E-state index contributed by atoms with van der Waals surface area (Å²) in [6.45, 7) is 0. The molecule has 0 aromatic heterocycles. The maximum Gasteiger partial charge on any atom is 0.416 e. The second-order valence-corrected chi connectivity index (χ2v) is 5.27. The molecule has 2 rings (SSSR count). The molecule has 2 atom stereocenters. The average Bonchev–Trinajstić information content (AvgIpc) is 2.72. The summed E-state index contributed by atoms with van der Waals surface area (Å²) in [6, 6.07) is 2.75. The number of carbonyl (C=O) groups is 1. The summed E-state index contributed by atoms with van der Waals surface area (Å²) in [7, 11) is 0. The first kappa shape index (κ1) is 15.4. The van der Waals surface area contributed by atoms with Crippen molar-refractivity contribution in [2.75, 3.05) is 4.90 Å². The van der Waals surface area contributed by atoms with Gasteiger partial charge in [-0.1, -0.05) is 23.2 Å². The zero-order valence-corrected chi connectivity index (χ0v) is 11.5. The molecule has 1 fully saturated rings. The van der Waals surface area contributed by atoms with Gasteiger partial charge in [0.1, 0.15) is 0 Å². The molecule has 110 valence electrons. The standard InChI is InChI=1S/C12H10Cl2F3NO2/c13-7-2-1-6(5-8(7)14)18-9(3-4-10(18)19)11(20)12(15,16)17/h1-2,5,9,11,20H,3-4H2/t9-,11-/m1/s1. The first-order valence-electron chi connectivity index (χ1n) is 5.73. The highest BCUT2D eigenvalue weighted by Crippen LogP contribution is 2.36. The van der Waals surface area contributed by atoms with Gasteiger partial charge < -0.3 is 10.0 Å². The number of amides is 1. The summed E-state index contributed by atoms with van der Waals surface area (Å²) >= 11 is 11.5. The van der Waals surface area contributed by atoms with Crippen LogP contribution in [0.3, 0.4) is 0 Å². The van der Waals surface area contributed by atoms with E-state index in [0.717, 1.165) is 4.90 Å². The number of carbonyl (C=O) groups excluding carboxylic acids is 1. The molecule has 1 saturated heterocycles. The molecular weight excluding hydrogens is 318 g/mol. The van der Waals surface area contributed by atoms with Gasteiger partial charge in [0.25, 0.3) is 0 Å². The predicted molar refractivity (Wildman–Crippen MR) is 69.0 cm³/mol. The van der Waals surface area contributed by atoms with Crippen LogP contribution in [0.5, 0.6) is 0 Å². The molecule has 0 radical (unpaired) electrons. The van der Waals surface area contributed by atoms with E-state index in [4.69, 9.17) is 23.2 Å². The number of aliphatic hydroxyl groups excluding tert-OH is 1. The Labute approximate surface area is 122 Å². The molecule has 0 spiro atoms. The normalized spacial score (nSPS) is 21.4. The zero-order valence-electron chi connectivity index (χ0n) is 9.99. The first-order chi connectivity index (χ1) is 9.21. The van der Waals surface area contributed by atoms with E-state index < -0.39 is 24.2 Å². The molecular formula is C12H10Cl2F3NO2. The number of benzene rings is 1. The smallest absolute Gasteiger partial charge is 0.382 e. The lowest BCUT2D eigenvalue weighted by Gasteiger charge is -2.30. The third-order valence-electron chi connectivity index (χ3n) is 3.14. The molecule has 0 bridgehead atoms. The van der Waals surface area contributed by atoms with Crippen molar-refractivity contribution in [2.45, 2.75) is 31.2 Å². The molecule has 8 heteroatoms. The number of anilines is 1. The van der Waals surface area contributed by atoms with Crippen molar-refractivity contribution < 1.29 is 23.1 Å². The molecule has 3 nitrogen and oxygen atoms in total. The Morgan fingerprint density at radius 1 is 1.30 bits per heavy atom. The van der Waals surface area contributed by atoms with Crippen LogP contribution in [0.15, 0.2) is 18.2 Å². The summed E-state index contributed by atoms with van der Waals surface area (Å²) < 4.78 is 37.9. The Balaban J connectivity index is 2.36. The van der Waals surface area contributed by atoms with Crippen molar-refractivity contribution in [3.05, 3.63) is 28.2 Å². The fraction of sp³-hybridized carbons (Fsp3) is 0.417. The van der Waals surface area contributed by atoms with Crippen LogP contribution in [0.25, 0.3) is 0 Å². The molecule has 1 amide bonds. The van der Waals surface area contributed by atoms with Gasteiger partial charge in [0, 0.05) is 12.1 Å². The van der Waals surface area contributed by atoms with Gasteiger partial charge in [-0.2, -0.15) is 13.2 Å². The number of hydrogen-bond acceptors (Lipinski definition) is 2. The maximum absolute atomic E-state index is 12.6. The van der Waals surface area contributed by atoms with Crippen LogP contribution in [-0.4, -0.2) is 29.3 Å². The van der Waals surface area contributed by atoms with Crippen molar-refractivity contribution in [3.63, 3.8) is 0 Å². The third-order valence-corrected chi connectivity index (χ3v) is 3.87. The van der Waals surface area contributed by atoms with Crippen LogP contribution in [0.2, 0.25) is 10.0 Å². The molecule has 0 aliphatic carbocycles. The van der Waals surface area contributed by atoms with Crippen molar-refractivity contribution in [1.82, 2.24) is 0 Å². The van der Waals surface area contributed by atoms with E-state index in [1.54, 1.807) is 0 Å². The van der Waals surface area contributed by atoms with Gasteiger partial charge in [-0.25, -0.2) is 0 Å². The maximum atomic E-state index is 12.6. The van der Waals surface area contributed by atoms with Crippen LogP contribution in [0.4, 0.5) is 18.9 Å². The summed E-state index contributed by atoms with van der Waals surface area (Å²) in [5.41, 5.74) is 0.190. The number of halogens is 5. The molecule has 1 aromatic carbocycles. The highest BCUT2D eigenvalue weighted by atomic mass is 35.5. The van der Waals surface area contributed by atoms with Crippen LogP contribution < -0.4 is 4.90 Å². The van der Waals surface area contributed by atoms with E-state index in [9.17, 15) is 23.1 Å². The largest absolute Gasteiger partial charge is 0.416 e. The second kappa shape index (κ2) is 5.42. The van der Waals surface area contributed by atoms with Gasteiger partial charge in [0.05, 0.1) is 16.1 Å². The Morgan fingerprint density at radius 2 is 1.95 bits per heavy atom. The van der Waals surface area contributed by atoms with E-state index in [1.807, 2.05) is 0 Å². The van der Waals surface area contributed by atoms with E-state index in [1.165, 1.54) is 18.2 Å². The fourth-order valence-corrected chi connectivity index (χ4v) is 2.49. The lowest BCUT2D eigenvalue weighted by Crippen LogP contribution is -2.48. The van der Waals surface area contributed by atoms with Crippen LogP contribution in [0.1, 0.15) is 12.8 Å². The van der Waals surface area contributed by atoms with E-state index in [0.29, 0.717) is 0 Å². The summed E-state index contributed by atoms with van der Waals surface area (Å²) in [4.78, 5) is 12.7. The lowest BCUT2D eigenvalue weighted by atomic mass is 10.1. The van der Waals surface area contributed by atoms with Crippen molar-refractivity contribution in [1.29, 1.82) is 0 Å². The highest BCUT2D eigenvalue weighted by Gasteiger charge is 2.49. The number of aliphatic hydroxyl groups is 1. The molecule has 20 heavy (non-hydrogen) atoms. The zero-order chi connectivity index (χ0) is 15.1. The SMILES string of the molecule is O=C1CC[C@H]([C@@H](O)C(F)(F)F)N1c1ccc(Cl)c(Cl)c1. The predicted octanol–water partition coefficient (Wildman–Crippen LogP) is 3.41. The van der Waals surface area contributed by atoms with Gasteiger partial charge in [0.2, 0.25) is 5.91 Å². The van der Waals surface area contributed by atoms with E-state index in [2.05, 4.69) is 0 Å². The Kier molecular flexibility index (Phi) is 4.18. The van der Waals surface area contributed by atoms with Crippen molar-refractivity contribution in [2.24, 2.45) is 0 Å². The van der Waals surface area contributed by atoms with Crippen LogP contribution in [0, 0.1) is 0 Å². The van der Waals surface area contributed by atoms with Gasteiger partial charge in [0.15, 0.2) is 6.10 Å². The third kappa shape index (κ3) is 2.87. The van der Waals surface area contributed by atoms with Gasteiger partial charge in [-0.15, -0.1) is 0 Å². The minimum Gasteiger partial charge on any atom is -0.382 e. The van der Waals surface area contributed by atoms with Gasteiger partial charge >= 0.3 is 6.18 Å². The van der Waals surface area contributed by atoms with E-state index in [-0.39, 0.29) is 28.6 Å². The topological polar surface area (TPSA) is 40.5 Å². The number of rotatable bonds is 2. The van der Waals surface area contributed by atoms with Crippen LogP contribution in [-0.2, 0) is 4.79 Å². The number of nitrogens with zero attached hydrogens (tertiary/aromatic N) is 1. The molecule has 1 heterocycles. The lowest BCUT2D eigenvalue weighted by molar-refractivity contribution is -0.209. The molecule has 0 unspecified atom stereocenters. The average molecular weight is 328 g/mol. The minimum atomic E-state index is -4.79. The molecule has 0 saturated carbocycles. The second-order valence-electron chi connectivity index (χ2n) is 4.45. The molecule has 1 aromatic rings. The summed E-state index contributed by atoms with van der Waals surface area (Å²) in [6.07, 6.45) is -7.51. The summed E-state index contributed by atoms with van der Waals surface area (Å²) in [5, 5.41) is 9.74. The Morgan fingerprint density at radius 3 is 2.50 bits per heavy atom. The van der Waals surface area contributed by atoms with Crippen molar-refractivity contribution in [3.8, 4) is 0 Å². The molecule has 1 aliphatic rings. The quantitative estimate of drug-likeness (QED) is 0.904. The van der Waals surface area contributed by atoms with Gasteiger partial charge in [-0.3, -0.25) is 4.79 Å². The Bertz CT molecular complexity index is 536.